The van der Waals surface area contributed by atoms with Crippen LogP contribution in [0.5, 0.6) is 0 Å². The minimum atomic E-state index is -0.829. The summed E-state index contributed by atoms with van der Waals surface area (Å²) >= 11 is 0. The first-order valence-electron chi connectivity index (χ1n) is 6.88. The predicted molar refractivity (Wildman–Crippen MR) is 76.8 cm³/mol. The Kier molecular flexibility index (Phi) is 4.29. The Balaban J connectivity index is 2.30. The number of benzene rings is 1. The number of carbonyl (C=O) groups excluding carboxylic acids is 2. The quantitative estimate of drug-likeness (QED) is 0.512. The molecule has 0 saturated carbocycles. The highest BCUT2D eigenvalue weighted by Gasteiger charge is 2.55. The fourth-order valence-corrected chi connectivity index (χ4v) is 2.96. The minimum absolute atomic E-state index is 0.162. The first kappa shape index (κ1) is 15.5. The molecule has 114 valence electrons. The standard InChI is InChI=1S/C15H20N2O4/c1-10(15(19)21-3)17(20)9-13(16-11(2)18)14(17)12-7-5-4-6-8-12/h4-8,10,13-14H,9H2,1-3H3,(H,16,18). The molecule has 1 fully saturated rings. The van der Waals surface area contributed by atoms with Crippen LogP contribution in [0.4, 0.5) is 0 Å². The molecule has 2 rings (SSSR count). The molecule has 1 saturated heterocycles. The average Bonchev–Trinajstić information content (AvgIpc) is 2.45. The molecule has 4 atom stereocenters. The van der Waals surface area contributed by atoms with Crippen LogP contribution in [0.15, 0.2) is 30.3 Å². The number of ether oxygens (including phenoxy) is 1. The van der Waals surface area contributed by atoms with Gasteiger partial charge in [0.05, 0.1) is 7.11 Å². The number of hydroxylamine groups is 3. The number of nitrogens with one attached hydrogen (secondary N) is 1. The van der Waals surface area contributed by atoms with Crippen molar-refractivity contribution in [2.24, 2.45) is 0 Å². The van der Waals surface area contributed by atoms with Crippen molar-refractivity contribution in [3.63, 3.8) is 0 Å². The van der Waals surface area contributed by atoms with Crippen LogP contribution in [0.3, 0.4) is 0 Å². The highest BCUT2D eigenvalue weighted by Crippen LogP contribution is 2.43. The molecule has 21 heavy (non-hydrogen) atoms. The summed E-state index contributed by atoms with van der Waals surface area (Å²) in [6.45, 7) is 3.15. The maximum absolute atomic E-state index is 13.1. The lowest BCUT2D eigenvalue weighted by Gasteiger charge is -2.62. The highest BCUT2D eigenvalue weighted by atomic mass is 16.6. The summed E-state index contributed by atoms with van der Waals surface area (Å²) < 4.78 is 3.99. The Morgan fingerprint density at radius 2 is 2.00 bits per heavy atom. The molecule has 1 aliphatic rings. The molecule has 1 heterocycles. The molecule has 1 aliphatic heterocycles. The minimum Gasteiger partial charge on any atom is -0.632 e. The molecule has 1 amide bonds. The van der Waals surface area contributed by atoms with E-state index in [-0.39, 0.29) is 18.5 Å². The topological polar surface area (TPSA) is 78.5 Å². The zero-order valence-corrected chi connectivity index (χ0v) is 12.4. The fourth-order valence-electron chi connectivity index (χ4n) is 2.96. The third kappa shape index (κ3) is 2.77. The molecular weight excluding hydrogens is 272 g/mol. The summed E-state index contributed by atoms with van der Waals surface area (Å²) in [5.74, 6) is -0.717. The molecule has 0 bridgehead atoms. The van der Waals surface area contributed by atoms with Crippen molar-refractivity contribution in [3.05, 3.63) is 41.1 Å². The zero-order chi connectivity index (χ0) is 15.6. The van der Waals surface area contributed by atoms with Crippen LogP contribution < -0.4 is 5.32 Å². The fraction of sp³-hybridized carbons (Fsp3) is 0.467. The largest absolute Gasteiger partial charge is 0.632 e. The summed E-state index contributed by atoms with van der Waals surface area (Å²) in [5.41, 5.74) is 0.813. The molecule has 1 N–H and O–H groups in total. The van der Waals surface area contributed by atoms with Crippen LogP contribution in [0.1, 0.15) is 25.5 Å². The number of amides is 1. The Bertz CT molecular complexity index is 534. The molecule has 0 spiro atoms. The number of nitrogens with zero attached hydrogens (tertiary/aromatic N) is 1. The van der Waals surface area contributed by atoms with Gasteiger partial charge in [-0.3, -0.25) is 4.79 Å². The predicted octanol–water partition coefficient (Wildman–Crippen LogP) is 1.12. The molecule has 1 aromatic rings. The SMILES string of the molecule is COC(=O)C(C)[N+]1([O-])CC(NC(C)=O)C1c1ccccc1. The van der Waals surface area contributed by atoms with Gasteiger partial charge in [-0.1, -0.05) is 30.3 Å². The van der Waals surface area contributed by atoms with E-state index in [4.69, 9.17) is 4.74 Å². The molecule has 6 heteroatoms. The van der Waals surface area contributed by atoms with Crippen LogP contribution in [0.2, 0.25) is 0 Å². The zero-order valence-electron chi connectivity index (χ0n) is 12.4. The van der Waals surface area contributed by atoms with Crippen LogP contribution in [-0.4, -0.2) is 42.3 Å². The number of likely N-dealkylation sites (tertiary alicyclic amines) is 1. The van der Waals surface area contributed by atoms with Crippen molar-refractivity contribution in [3.8, 4) is 0 Å². The number of hydrogen-bond donors (Lipinski definition) is 1. The van der Waals surface area contributed by atoms with E-state index in [1.165, 1.54) is 14.0 Å². The second-order valence-electron chi connectivity index (χ2n) is 5.40. The number of methoxy groups -OCH3 is 1. The highest BCUT2D eigenvalue weighted by molar-refractivity contribution is 5.75. The number of rotatable bonds is 4. The first-order chi connectivity index (χ1) is 9.90. The van der Waals surface area contributed by atoms with Crippen LogP contribution in [0, 0.1) is 5.21 Å². The normalized spacial score (nSPS) is 29.1. The van der Waals surface area contributed by atoms with Crippen molar-refractivity contribution in [2.45, 2.75) is 32.0 Å². The van der Waals surface area contributed by atoms with Gasteiger partial charge < -0.3 is 19.9 Å². The smallest absolute Gasteiger partial charge is 0.364 e. The molecule has 0 aromatic heterocycles. The summed E-state index contributed by atoms with van der Waals surface area (Å²) in [5, 5.41) is 15.9. The average molecular weight is 292 g/mol. The second-order valence-corrected chi connectivity index (χ2v) is 5.40. The Labute approximate surface area is 123 Å². The Morgan fingerprint density at radius 1 is 1.38 bits per heavy atom. The molecule has 1 aromatic carbocycles. The molecule has 0 radical (unpaired) electrons. The summed E-state index contributed by atoms with van der Waals surface area (Å²) in [6, 6.07) is 7.63. The Morgan fingerprint density at radius 3 is 2.52 bits per heavy atom. The lowest BCUT2D eigenvalue weighted by atomic mass is 9.86. The molecule has 4 unspecified atom stereocenters. The van der Waals surface area contributed by atoms with Gasteiger partial charge in [0.2, 0.25) is 5.91 Å². The van der Waals surface area contributed by atoms with Gasteiger partial charge in [0, 0.05) is 12.5 Å². The van der Waals surface area contributed by atoms with Gasteiger partial charge in [0.25, 0.3) is 0 Å². The second kappa shape index (κ2) is 5.83. The van der Waals surface area contributed by atoms with E-state index < -0.39 is 22.7 Å². The third-order valence-electron chi connectivity index (χ3n) is 4.06. The van der Waals surface area contributed by atoms with Crippen molar-refractivity contribution >= 4 is 11.9 Å². The summed E-state index contributed by atoms with van der Waals surface area (Å²) in [7, 11) is 1.27. The molecular formula is C15H20N2O4. The number of esters is 1. The maximum Gasteiger partial charge on any atom is 0.364 e. The molecule has 0 aliphatic carbocycles. The van der Waals surface area contributed by atoms with Gasteiger partial charge in [0.1, 0.15) is 18.6 Å². The van der Waals surface area contributed by atoms with E-state index >= 15 is 0 Å². The van der Waals surface area contributed by atoms with E-state index in [0.717, 1.165) is 5.56 Å². The maximum atomic E-state index is 13.1. The number of carbonyl (C=O) groups is 2. The van der Waals surface area contributed by atoms with Gasteiger partial charge >= 0.3 is 5.97 Å². The number of hydrogen-bond acceptors (Lipinski definition) is 4. The van der Waals surface area contributed by atoms with Crippen molar-refractivity contribution in [2.75, 3.05) is 13.7 Å². The van der Waals surface area contributed by atoms with E-state index in [2.05, 4.69) is 5.32 Å². The third-order valence-corrected chi connectivity index (χ3v) is 4.06. The summed E-state index contributed by atoms with van der Waals surface area (Å²) in [6.07, 6.45) is 0. The van der Waals surface area contributed by atoms with Gasteiger partial charge in [0.15, 0.2) is 6.04 Å². The van der Waals surface area contributed by atoms with Crippen LogP contribution in [0.25, 0.3) is 0 Å². The van der Waals surface area contributed by atoms with Gasteiger partial charge in [-0.05, 0) is 6.92 Å². The van der Waals surface area contributed by atoms with Gasteiger partial charge in [-0.2, -0.15) is 0 Å². The lowest BCUT2D eigenvalue weighted by molar-refractivity contribution is -0.968. The number of quaternary nitrogens is 1. The van der Waals surface area contributed by atoms with Gasteiger partial charge in [-0.25, -0.2) is 4.79 Å². The monoisotopic (exact) mass is 292 g/mol. The van der Waals surface area contributed by atoms with Crippen molar-refractivity contribution in [1.82, 2.24) is 5.32 Å². The Hall–Kier alpha value is -1.92. The van der Waals surface area contributed by atoms with Crippen LogP contribution in [-0.2, 0) is 14.3 Å². The first-order valence-corrected chi connectivity index (χ1v) is 6.88. The van der Waals surface area contributed by atoms with E-state index in [9.17, 15) is 14.8 Å². The van der Waals surface area contributed by atoms with Crippen molar-refractivity contribution < 1.29 is 19.0 Å². The van der Waals surface area contributed by atoms with E-state index in [0.29, 0.717) is 0 Å². The van der Waals surface area contributed by atoms with E-state index in [1.54, 1.807) is 6.92 Å². The summed E-state index contributed by atoms with van der Waals surface area (Å²) in [4.78, 5) is 23.0. The van der Waals surface area contributed by atoms with Gasteiger partial charge in [-0.15, -0.1) is 0 Å². The van der Waals surface area contributed by atoms with Crippen LogP contribution >= 0.6 is 0 Å². The lowest BCUT2D eigenvalue weighted by Crippen LogP contribution is -2.73. The van der Waals surface area contributed by atoms with E-state index in [1.807, 2.05) is 30.3 Å². The molecule has 6 nitrogen and oxygen atoms in total. The van der Waals surface area contributed by atoms with Crippen molar-refractivity contribution in [1.29, 1.82) is 0 Å².